The summed E-state index contributed by atoms with van der Waals surface area (Å²) in [6.45, 7) is 3.16. The fourth-order valence-corrected chi connectivity index (χ4v) is 2.56. The van der Waals surface area contributed by atoms with Gasteiger partial charge in [-0.05, 0) is 49.2 Å². The molecule has 0 fully saturated rings. The first kappa shape index (κ1) is 17.6. The average molecular weight is 353 g/mol. The Morgan fingerprint density at radius 2 is 1.96 bits per heavy atom. The van der Waals surface area contributed by atoms with Crippen LogP contribution in [0, 0.1) is 0 Å². The number of carbonyl (C=O) groups excluding carboxylic acids is 1. The average Bonchev–Trinajstić information content (AvgIpc) is 2.55. The minimum Gasteiger partial charge on any atom is -0.482 e. The van der Waals surface area contributed by atoms with Crippen molar-refractivity contribution in [1.82, 2.24) is 9.88 Å². The van der Waals surface area contributed by atoms with E-state index in [4.69, 9.17) is 27.9 Å². The van der Waals surface area contributed by atoms with Gasteiger partial charge in [0.05, 0.1) is 5.02 Å². The Balaban J connectivity index is 1.87. The molecule has 0 atom stereocenters. The van der Waals surface area contributed by atoms with Crippen LogP contribution >= 0.6 is 23.2 Å². The van der Waals surface area contributed by atoms with Crippen LogP contribution in [-0.2, 0) is 11.2 Å². The molecule has 2 aromatic rings. The van der Waals surface area contributed by atoms with Crippen molar-refractivity contribution in [3.05, 3.63) is 58.3 Å². The molecule has 0 saturated carbocycles. The Morgan fingerprint density at radius 3 is 2.61 bits per heavy atom. The van der Waals surface area contributed by atoms with Crippen LogP contribution < -0.4 is 4.74 Å². The normalized spacial score (nSPS) is 10.4. The van der Waals surface area contributed by atoms with E-state index in [9.17, 15) is 4.79 Å². The van der Waals surface area contributed by atoms with Gasteiger partial charge in [0.1, 0.15) is 5.75 Å². The SMILES string of the molecule is CCN(CCc1ccncc1)C(=O)COc1ccc(Cl)cc1Cl. The number of carbonyl (C=O) groups is 1. The number of likely N-dealkylation sites (N-methyl/N-ethyl adjacent to an activating group) is 1. The Kier molecular flexibility index (Phi) is 6.68. The first-order chi connectivity index (χ1) is 11.1. The molecule has 4 nitrogen and oxygen atoms in total. The van der Waals surface area contributed by atoms with Gasteiger partial charge in [0, 0.05) is 30.5 Å². The van der Waals surface area contributed by atoms with Gasteiger partial charge in [-0.15, -0.1) is 0 Å². The number of ether oxygens (including phenoxy) is 1. The van der Waals surface area contributed by atoms with Crippen LogP contribution in [0.4, 0.5) is 0 Å². The number of hydrogen-bond acceptors (Lipinski definition) is 3. The quantitative estimate of drug-likeness (QED) is 0.759. The van der Waals surface area contributed by atoms with Crippen LogP contribution in [0.1, 0.15) is 12.5 Å². The summed E-state index contributed by atoms with van der Waals surface area (Å²) in [5.74, 6) is 0.377. The summed E-state index contributed by atoms with van der Waals surface area (Å²) in [4.78, 5) is 18.0. The number of rotatable bonds is 7. The Hall–Kier alpha value is -1.78. The van der Waals surface area contributed by atoms with Crippen LogP contribution in [0.5, 0.6) is 5.75 Å². The van der Waals surface area contributed by atoms with Crippen molar-refractivity contribution in [1.29, 1.82) is 0 Å². The summed E-state index contributed by atoms with van der Waals surface area (Å²) >= 11 is 11.9. The largest absolute Gasteiger partial charge is 0.482 e. The molecule has 122 valence electrons. The lowest BCUT2D eigenvalue weighted by Crippen LogP contribution is -2.36. The molecule has 0 unspecified atom stereocenters. The summed E-state index contributed by atoms with van der Waals surface area (Å²) in [5.41, 5.74) is 1.15. The van der Waals surface area contributed by atoms with E-state index in [2.05, 4.69) is 4.98 Å². The van der Waals surface area contributed by atoms with E-state index in [1.165, 1.54) is 0 Å². The third-order valence-corrected chi connectivity index (χ3v) is 3.93. The van der Waals surface area contributed by atoms with E-state index < -0.39 is 0 Å². The second kappa shape index (κ2) is 8.75. The number of halogens is 2. The molecular formula is C17H18Cl2N2O2. The summed E-state index contributed by atoms with van der Waals surface area (Å²) < 4.78 is 5.50. The van der Waals surface area contributed by atoms with E-state index >= 15 is 0 Å². The third kappa shape index (κ3) is 5.41. The maximum atomic E-state index is 12.3. The number of pyridine rings is 1. The van der Waals surface area contributed by atoms with Crippen molar-refractivity contribution in [2.75, 3.05) is 19.7 Å². The molecule has 1 aromatic heterocycles. The highest BCUT2D eigenvalue weighted by molar-refractivity contribution is 6.35. The number of benzene rings is 1. The molecule has 23 heavy (non-hydrogen) atoms. The topological polar surface area (TPSA) is 42.4 Å². The van der Waals surface area contributed by atoms with E-state index in [0.717, 1.165) is 12.0 Å². The van der Waals surface area contributed by atoms with E-state index in [-0.39, 0.29) is 12.5 Å². The lowest BCUT2D eigenvalue weighted by atomic mass is 10.2. The molecule has 6 heteroatoms. The lowest BCUT2D eigenvalue weighted by Gasteiger charge is -2.21. The molecule has 1 heterocycles. The molecule has 1 amide bonds. The van der Waals surface area contributed by atoms with Crippen LogP contribution in [0.15, 0.2) is 42.7 Å². The van der Waals surface area contributed by atoms with Crippen molar-refractivity contribution in [2.24, 2.45) is 0 Å². The van der Waals surface area contributed by atoms with Crippen molar-refractivity contribution >= 4 is 29.1 Å². The Labute approximate surface area is 146 Å². The fourth-order valence-electron chi connectivity index (χ4n) is 2.10. The van der Waals surface area contributed by atoms with Crippen molar-refractivity contribution in [3.8, 4) is 5.75 Å². The van der Waals surface area contributed by atoms with Crippen molar-refractivity contribution < 1.29 is 9.53 Å². The summed E-state index contributed by atoms with van der Waals surface area (Å²) in [7, 11) is 0. The standard InChI is InChI=1S/C17H18Cl2N2O2/c1-2-21(10-7-13-5-8-20-9-6-13)17(22)12-23-16-4-3-14(18)11-15(16)19/h3-6,8-9,11H,2,7,10,12H2,1H3. The molecule has 0 N–H and O–H groups in total. The highest BCUT2D eigenvalue weighted by atomic mass is 35.5. The van der Waals surface area contributed by atoms with Gasteiger partial charge in [0.15, 0.2) is 6.61 Å². The van der Waals surface area contributed by atoms with Gasteiger partial charge >= 0.3 is 0 Å². The highest BCUT2D eigenvalue weighted by Crippen LogP contribution is 2.27. The van der Waals surface area contributed by atoms with Crippen LogP contribution in [0.25, 0.3) is 0 Å². The summed E-state index contributed by atoms with van der Waals surface area (Å²) in [6, 6.07) is 8.81. The molecule has 1 aromatic carbocycles. The molecule has 2 rings (SSSR count). The maximum absolute atomic E-state index is 12.3. The first-order valence-electron chi connectivity index (χ1n) is 7.34. The van der Waals surface area contributed by atoms with Crippen LogP contribution in [0.3, 0.4) is 0 Å². The monoisotopic (exact) mass is 352 g/mol. The molecule has 0 aliphatic rings. The van der Waals surface area contributed by atoms with Crippen molar-refractivity contribution in [2.45, 2.75) is 13.3 Å². The molecule has 0 radical (unpaired) electrons. The summed E-state index contributed by atoms with van der Waals surface area (Å²) in [6.07, 6.45) is 4.28. The zero-order chi connectivity index (χ0) is 16.7. The number of aromatic nitrogens is 1. The second-order valence-corrected chi connectivity index (χ2v) is 5.79. The third-order valence-electron chi connectivity index (χ3n) is 3.40. The molecule has 0 aliphatic heterocycles. The van der Waals surface area contributed by atoms with E-state index in [1.54, 1.807) is 35.5 Å². The van der Waals surface area contributed by atoms with Crippen LogP contribution in [0.2, 0.25) is 10.0 Å². The first-order valence-corrected chi connectivity index (χ1v) is 8.10. The van der Waals surface area contributed by atoms with Crippen LogP contribution in [-0.4, -0.2) is 35.5 Å². The Morgan fingerprint density at radius 1 is 1.22 bits per heavy atom. The maximum Gasteiger partial charge on any atom is 0.260 e. The van der Waals surface area contributed by atoms with Gasteiger partial charge in [0.2, 0.25) is 0 Å². The summed E-state index contributed by atoms with van der Waals surface area (Å²) in [5, 5.41) is 0.923. The molecule has 0 aliphatic carbocycles. The lowest BCUT2D eigenvalue weighted by molar-refractivity contribution is -0.133. The Bertz CT molecular complexity index is 650. The zero-order valence-electron chi connectivity index (χ0n) is 12.8. The van der Waals surface area contributed by atoms with Gasteiger partial charge in [0.25, 0.3) is 5.91 Å². The van der Waals surface area contributed by atoms with Gasteiger partial charge in [-0.2, -0.15) is 0 Å². The smallest absolute Gasteiger partial charge is 0.260 e. The van der Waals surface area contributed by atoms with Crippen molar-refractivity contribution in [3.63, 3.8) is 0 Å². The number of nitrogens with zero attached hydrogens (tertiary/aromatic N) is 2. The molecule has 0 bridgehead atoms. The minimum atomic E-state index is -0.0763. The molecular weight excluding hydrogens is 335 g/mol. The predicted molar refractivity (Wildman–Crippen MR) is 92.2 cm³/mol. The van der Waals surface area contributed by atoms with Gasteiger partial charge < -0.3 is 9.64 Å². The number of hydrogen-bond donors (Lipinski definition) is 0. The molecule has 0 spiro atoms. The second-order valence-electron chi connectivity index (χ2n) is 4.94. The van der Waals surface area contributed by atoms with E-state index in [0.29, 0.717) is 28.9 Å². The van der Waals surface area contributed by atoms with Gasteiger partial charge in [-0.25, -0.2) is 0 Å². The van der Waals surface area contributed by atoms with Gasteiger partial charge in [-0.1, -0.05) is 23.2 Å². The fraction of sp³-hybridized carbons (Fsp3) is 0.294. The predicted octanol–water partition coefficient (Wildman–Crippen LogP) is 3.86. The zero-order valence-corrected chi connectivity index (χ0v) is 14.3. The minimum absolute atomic E-state index is 0.0501. The molecule has 0 saturated heterocycles. The van der Waals surface area contributed by atoms with E-state index in [1.807, 2.05) is 19.1 Å². The van der Waals surface area contributed by atoms with Gasteiger partial charge in [-0.3, -0.25) is 9.78 Å². The number of amides is 1. The highest BCUT2D eigenvalue weighted by Gasteiger charge is 2.13.